The van der Waals surface area contributed by atoms with E-state index in [1.54, 1.807) is 0 Å². The van der Waals surface area contributed by atoms with Crippen molar-refractivity contribution in [3.63, 3.8) is 0 Å². The number of H-pyrrole nitrogens is 1. The molecule has 5 nitrogen and oxygen atoms in total. The number of aliphatic hydroxyl groups excluding tert-OH is 2. The average molecular weight is 336 g/mol. The summed E-state index contributed by atoms with van der Waals surface area (Å²) in [5, 5.41) is 19.6. The van der Waals surface area contributed by atoms with Crippen molar-refractivity contribution in [2.75, 3.05) is 5.75 Å². The van der Waals surface area contributed by atoms with Gasteiger partial charge in [0.2, 0.25) is 0 Å². The Balaban J connectivity index is 2.68. The minimum atomic E-state index is -1.26. The minimum Gasteiger partial charge on any atom is -0.390 e. The number of aromatic nitrogens is 1. The van der Waals surface area contributed by atoms with Gasteiger partial charge in [-0.3, -0.25) is 9.59 Å². The number of pyridine rings is 1. The van der Waals surface area contributed by atoms with Crippen molar-refractivity contribution in [1.29, 1.82) is 0 Å². The van der Waals surface area contributed by atoms with Crippen LogP contribution in [0.5, 0.6) is 0 Å². The first-order chi connectivity index (χ1) is 8.41. The molecule has 0 amide bonds. The van der Waals surface area contributed by atoms with Crippen LogP contribution in [0.2, 0.25) is 0 Å². The number of aromatic amines is 1. The topological polar surface area (TPSA) is 90.4 Å². The molecule has 0 aromatic carbocycles. The molecule has 0 fully saturated rings. The van der Waals surface area contributed by atoms with Gasteiger partial charge in [0.25, 0.3) is 5.56 Å². The molecule has 100 valence electrons. The van der Waals surface area contributed by atoms with E-state index in [4.69, 9.17) is 0 Å². The molecule has 0 aliphatic carbocycles. The lowest BCUT2D eigenvalue weighted by molar-refractivity contribution is -0.109. The van der Waals surface area contributed by atoms with E-state index in [0.29, 0.717) is 10.2 Å². The molecule has 3 N–H and O–H groups in total. The summed E-state index contributed by atoms with van der Waals surface area (Å²) >= 11 is 4.25. The predicted molar refractivity (Wildman–Crippen MR) is 73.5 cm³/mol. The molecule has 0 saturated carbocycles. The van der Waals surface area contributed by atoms with Crippen molar-refractivity contribution in [2.24, 2.45) is 0 Å². The second-order valence-electron chi connectivity index (χ2n) is 3.74. The fourth-order valence-electron chi connectivity index (χ4n) is 1.38. The van der Waals surface area contributed by atoms with Gasteiger partial charge in [-0.15, -0.1) is 0 Å². The maximum Gasteiger partial charge on any atom is 0.253 e. The average Bonchev–Trinajstić information content (AvgIpc) is 2.30. The first-order valence-corrected chi connectivity index (χ1v) is 7.07. The zero-order valence-electron chi connectivity index (χ0n) is 9.72. The number of hydrogen-bond donors (Lipinski definition) is 3. The molecule has 1 rings (SSSR count). The van der Waals surface area contributed by atoms with Gasteiger partial charge < -0.3 is 15.2 Å². The Morgan fingerprint density at radius 3 is 2.83 bits per heavy atom. The maximum atomic E-state index is 11.5. The second-order valence-corrected chi connectivity index (χ2v) is 5.93. The summed E-state index contributed by atoms with van der Waals surface area (Å²) in [6.45, 7) is 1.44. The third-order valence-corrected chi connectivity index (χ3v) is 3.60. The van der Waals surface area contributed by atoms with Crippen LogP contribution in [-0.4, -0.2) is 32.2 Å². The van der Waals surface area contributed by atoms with Crippen molar-refractivity contribution in [3.05, 3.63) is 32.7 Å². The molecule has 1 aromatic rings. The SMILES string of the molecule is CC(=O)SCCC(O)C(O)c1cc(Br)c[nH]c1=O. The van der Waals surface area contributed by atoms with Crippen molar-refractivity contribution in [3.8, 4) is 0 Å². The molecule has 7 heteroatoms. The highest BCUT2D eigenvalue weighted by atomic mass is 79.9. The Labute approximate surface area is 117 Å². The summed E-state index contributed by atoms with van der Waals surface area (Å²) in [6.07, 6.45) is -0.653. The molecule has 0 aliphatic heterocycles. The van der Waals surface area contributed by atoms with Gasteiger partial charge in [-0.1, -0.05) is 11.8 Å². The molecule has 18 heavy (non-hydrogen) atoms. The van der Waals surface area contributed by atoms with E-state index >= 15 is 0 Å². The summed E-state index contributed by atoms with van der Waals surface area (Å²) in [7, 11) is 0. The lowest BCUT2D eigenvalue weighted by atomic mass is 10.0. The number of carbonyl (C=O) groups excluding carboxylic acids is 1. The third kappa shape index (κ3) is 4.56. The monoisotopic (exact) mass is 335 g/mol. The molecule has 0 spiro atoms. The normalized spacial score (nSPS) is 14.2. The third-order valence-electron chi connectivity index (χ3n) is 2.30. The number of nitrogens with one attached hydrogen (secondary N) is 1. The largest absolute Gasteiger partial charge is 0.390 e. The molecule has 0 radical (unpaired) electrons. The highest BCUT2D eigenvalue weighted by Crippen LogP contribution is 2.20. The van der Waals surface area contributed by atoms with Crippen molar-refractivity contribution < 1.29 is 15.0 Å². The van der Waals surface area contributed by atoms with E-state index in [1.807, 2.05) is 0 Å². The molecule has 1 heterocycles. The quantitative estimate of drug-likeness (QED) is 0.752. The Morgan fingerprint density at radius 1 is 1.56 bits per heavy atom. The highest BCUT2D eigenvalue weighted by Gasteiger charge is 2.21. The smallest absolute Gasteiger partial charge is 0.253 e. The zero-order chi connectivity index (χ0) is 13.7. The van der Waals surface area contributed by atoms with Crippen LogP contribution in [-0.2, 0) is 4.79 Å². The van der Waals surface area contributed by atoms with Gasteiger partial charge in [0.1, 0.15) is 6.10 Å². The number of aliphatic hydroxyl groups is 2. The standard InChI is InChI=1S/C11H14BrNO4S/c1-6(14)18-3-2-9(15)10(16)8-4-7(12)5-13-11(8)17/h4-5,9-10,15-16H,2-3H2,1H3,(H,13,17). The van der Waals surface area contributed by atoms with E-state index in [1.165, 1.54) is 19.2 Å². The van der Waals surface area contributed by atoms with Crippen LogP contribution in [0.15, 0.2) is 21.5 Å². The molecular weight excluding hydrogens is 322 g/mol. The molecule has 0 bridgehead atoms. The number of halogens is 1. The maximum absolute atomic E-state index is 11.5. The van der Waals surface area contributed by atoms with E-state index in [0.717, 1.165) is 11.8 Å². The summed E-state index contributed by atoms with van der Waals surface area (Å²) in [4.78, 5) is 24.7. The van der Waals surface area contributed by atoms with Crippen molar-refractivity contribution >= 4 is 32.8 Å². The molecular formula is C11H14BrNO4S. The fraction of sp³-hybridized carbons (Fsp3) is 0.455. The Kier molecular flexibility index (Phi) is 6.07. The van der Waals surface area contributed by atoms with Crippen molar-refractivity contribution in [1.82, 2.24) is 4.98 Å². The zero-order valence-corrected chi connectivity index (χ0v) is 12.1. The second kappa shape index (κ2) is 7.08. The highest BCUT2D eigenvalue weighted by molar-refractivity contribution is 9.10. The first-order valence-electron chi connectivity index (χ1n) is 5.29. The lowest BCUT2D eigenvalue weighted by Crippen LogP contribution is -2.25. The predicted octanol–water partition coefficient (Wildman–Crippen LogP) is 1.20. The van der Waals surface area contributed by atoms with Gasteiger partial charge in [-0.25, -0.2) is 0 Å². The summed E-state index contributed by atoms with van der Waals surface area (Å²) in [5.41, 5.74) is -0.339. The molecule has 0 aliphatic rings. The Morgan fingerprint density at radius 2 is 2.22 bits per heavy atom. The van der Waals surface area contributed by atoms with Gasteiger partial charge in [0, 0.05) is 28.9 Å². The van der Waals surface area contributed by atoms with Gasteiger partial charge in [0.15, 0.2) is 5.12 Å². The number of carbonyl (C=O) groups is 1. The summed E-state index contributed by atoms with van der Waals surface area (Å²) in [5.74, 6) is 0.402. The first kappa shape index (κ1) is 15.4. The van der Waals surface area contributed by atoms with E-state index in [9.17, 15) is 19.8 Å². The van der Waals surface area contributed by atoms with Crippen LogP contribution in [0, 0.1) is 0 Å². The molecule has 0 saturated heterocycles. The lowest BCUT2D eigenvalue weighted by Gasteiger charge is -2.17. The van der Waals surface area contributed by atoms with E-state index < -0.39 is 17.8 Å². The van der Waals surface area contributed by atoms with Crippen LogP contribution >= 0.6 is 27.7 Å². The fourth-order valence-corrected chi connectivity index (χ4v) is 2.39. The van der Waals surface area contributed by atoms with Crippen molar-refractivity contribution in [2.45, 2.75) is 25.6 Å². The van der Waals surface area contributed by atoms with Gasteiger partial charge in [-0.2, -0.15) is 0 Å². The molecule has 2 unspecified atom stereocenters. The Bertz CT molecular complexity index is 476. The number of rotatable bonds is 5. The van der Waals surface area contributed by atoms with Crippen LogP contribution in [0.3, 0.4) is 0 Å². The van der Waals surface area contributed by atoms with Crippen LogP contribution in [0.4, 0.5) is 0 Å². The number of hydrogen-bond acceptors (Lipinski definition) is 5. The van der Waals surface area contributed by atoms with Crippen LogP contribution < -0.4 is 5.56 Å². The van der Waals surface area contributed by atoms with Crippen LogP contribution in [0.25, 0.3) is 0 Å². The molecule has 2 atom stereocenters. The van der Waals surface area contributed by atoms with Gasteiger partial charge in [0.05, 0.1) is 6.10 Å². The van der Waals surface area contributed by atoms with Gasteiger partial charge >= 0.3 is 0 Å². The molecule has 1 aromatic heterocycles. The summed E-state index contributed by atoms with van der Waals surface area (Å²) in [6, 6.07) is 1.46. The Hall–Kier alpha value is -0.630. The minimum absolute atomic E-state index is 0.0445. The van der Waals surface area contributed by atoms with Crippen LogP contribution in [0.1, 0.15) is 25.0 Å². The van der Waals surface area contributed by atoms with E-state index in [-0.39, 0.29) is 17.1 Å². The number of thioether (sulfide) groups is 1. The van der Waals surface area contributed by atoms with Gasteiger partial charge in [-0.05, 0) is 28.4 Å². The van der Waals surface area contributed by atoms with E-state index in [2.05, 4.69) is 20.9 Å². The summed E-state index contributed by atoms with van der Waals surface area (Å²) < 4.78 is 0.612.